The number of aromatic hydroxyl groups is 1. The Morgan fingerprint density at radius 2 is 2.14 bits per heavy atom. The summed E-state index contributed by atoms with van der Waals surface area (Å²) in [5.41, 5.74) is 1.56. The number of benzene rings is 1. The third-order valence-corrected chi connectivity index (χ3v) is 2.77. The highest BCUT2D eigenvalue weighted by molar-refractivity contribution is 5.95. The molecule has 1 aromatic heterocycles. The van der Waals surface area contributed by atoms with E-state index < -0.39 is 5.97 Å². The van der Waals surface area contributed by atoms with E-state index in [0.717, 1.165) is 0 Å². The number of aliphatic carboxylic acids is 1. The molecular weight excluding hydrogens is 276 g/mol. The van der Waals surface area contributed by atoms with Crippen molar-refractivity contribution in [2.45, 2.75) is 20.0 Å². The first-order chi connectivity index (χ1) is 9.95. The number of amides is 1. The molecule has 0 fully saturated rings. The summed E-state index contributed by atoms with van der Waals surface area (Å²) in [5.74, 6) is -1.23. The predicted octanol–water partition coefficient (Wildman–Crippen LogP) is 0.307. The molecule has 1 aromatic carbocycles. The van der Waals surface area contributed by atoms with Crippen molar-refractivity contribution in [1.82, 2.24) is 20.3 Å². The van der Waals surface area contributed by atoms with E-state index in [2.05, 4.69) is 15.6 Å². The number of carboxylic acid groups (broad SMARTS) is 1. The normalized spacial score (nSPS) is 10.3. The maximum Gasteiger partial charge on any atom is 0.325 e. The molecule has 2 rings (SSSR count). The molecule has 0 saturated carbocycles. The van der Waals surface area contributed by atoms with Gasteiger partial charge in [0, 0.05) is 5.56 Å². The van der Waals surface area contributed by atoms with Crippen molar-refractivity contribution in [2.75, 3.05) is 0 Å². The molecule has 0 aliphatic heterocycles. The molecule has 0 unspecified atom stereocenters. The van der Waals surface area contributed by atoms with Gasteiger partial charge in [-0.1, -0.05) is 5.21 Å². The molecule has 21 heavy (non-hydrogen) atoms. The summed E-state index contributed by atoms with van der Waals surface area (Å²) in [6, 6.07) is 4.46. The molecule has 0 aliphatic rings. The van der Waals surface area contributed by atoms with Crippen molar-refractivity contribution in [3.63, 3.8) is 0 Å². The number of nitrogens with zero attached hydrogens (tertiary/aromatic N) is 3. The standard InChI is InChI=1S/C13H14N4O4/c1-8-4-10(18)2-3-11(8)13(21)14-5-9-6-17(16-15-9)7-12(19)20/h2-4,6,18H,5,7H2,1H3,(H,14,21)(H,19,20). The second-order valence-corrected chi connectivity index (χ2v) is 4.48. The molecule has 1 amide bonds. The van der Waals surface area contributed by atoms with Crippen LogP contribution in [0.4, 0.5) is 0 Å². The summed E-state index contributed by atoms with van der Waals surface area (Å²) < 4.78 is 1.18. The number of phenolic OH excluding ortho intramolecular Hbond substituents is 1. The van der Waals surface area contributed by atoms with Crippen LogP contribution in [0.15, 0.2) is 24.4 Å². The zero-order valence-electron chi connectivity index (χ0n) is 11.3. The molecule has 8 nitrogen and oxygen atoms in total. The largest absolute Gasteiger partial charge is 0.508 e. The Bertz CT molecular complexity index is 681. The number of rotatable bonds is 5. The maximum atomic E-state index is 12.0. The maximum absolute atomic E-state index is 12.0. The van der Waals surface area contributed by atoms with Gasteiger partial charge in [-0.15, -0.1) is 5.10 Å². The van der Waals surface area contributed by atoms with Gasteiger partial charge in [0.1, 0.15) is 18.0 Å². The van der Waals surface area contributed by atoms with Crippen LogP contribution in [0, 0.1) is 6.92 Å². The minimum Gasteiger partial charge on any atom is -0.508 e. The van der Waals surface area contributed by atoms with Crippen LogP contribution in [0.1, 0.15) is 21.6 Å². The van der Waals surface area contributed by atoms with Crippen LogP contribution in [0.3, 0.4) is 0 Å². The van der Waals surface area contributed by atoms with Gasteiger partial charge >= 0.3 is 5.97 Å². The van der Waals surface area contributed by atoms with Crippen molar-refractivity contribution in [1.29, 1.82) is 0 Å². The number of aryl methyl sites for hydroxylation is 1. The quantitative estimate of drug-likeness (QED) is 0.729. The summed E-state index contributed by atoms with van der Waals surface area (Å²) in [4.78, 5) is 22.5. The van der Waals surface area contributed by atoms with Gasteiger partial charge in [0.05, 0.1) is 12.7 Å². The molecule has 0 bridgehead atoms. The van der Waals surface area contributed by atoms with Crippen LogP contribution in [0.2, 0.25) is 0 Å². The third kappa shape index (κ3) is 3.78. The average molecular weight is 290 g/mol. The van der Waals surface area contributed by atoms with Crippen LogP contribution in [0.25, 0.3) is 0 Å². The van der Waals surface area contributed by atoms with Crippen molar-refractivity contribution < 1.29 is 19.8 Å². The SMILES string of the molecule is Cc1cc(O)ccc1C(=O)NCc1cn(CC(=O)O)nn1. The van der Waals surface area contributed by atoms with E-state index in [1.165, 1.54) is 29.1 Å². The highest BCUT2D eigenvalue weighted by Crippen LogP contribution is 2.15. The lowest BCUT2D eigenvalue weighted by molar-refractivity contribution is -0.137. The molecule has 0 spiro atoms. The fraction of sp³-hybridized carbons (Fsp3) is 0.231. The van der Waals surface area contributed by atoms with E-state index in [-0.39, 0.29) is 24.7 Å². The number of hydrogen-bond donors (Lipinski definition) is 3. The summed E-state index contributed by atoms with van der Waals surface area (Å²) in [6.07, 6.45) is 1.46. The Morgan fingerprint density at radius 1 is 1.38 bits per heavy atom. The van der Waals surface area contributed by atoms with E-state index >= 15 is 0 Å². The lowest BCUT2D eigenvalue weighted by Gasteiger charge is -2.06. The second kappa shape index (κ2) is 6.04. The molecule has 3 N–H and O–H groups in total. The van der Waals surface area contributed by atoms with Crippen molar-refractivity contribution in [2.24, 2.45) is 0 Å². The predicted molar refractivity (Wildman–Crippen MR) is 71.7 cm³/mol. The van der Waals surface area contributed by atoms with E-state index in [0.29, 0.717) is 16.8 Å². The van der Waals surface area contributed by atoms with E-state index in [9.17, 15) is 14.7 Å². The van der Waals surface area contributed by atoms with Gasteiger partial charge in [0.15, 0.2) is 0 Å². The molecular formula is C13H14N4O4. The Labute approximate surface area is 120 Å². The van der Waals surface area contributed by atoms with Gasteiger partial charge in [-0.05, 0) is 30.7 Å². The molecule has 0 aliphatic carbocycles. The first-order valence-electron chi connectivity index (χ1n) is 6.14. The zero-order chi connectivity index (χ0) is 15.4. The highest BCUT2D eigenvalue weighted by Gasteiger charge is 2.10. The topological polar surface area (TPSA) is 117 Å². The fourth-order valence-corrected chi connectivity index (χ4v) is 1.80. The molecule has 110 valence electrons. The van der Waals surface area contributed by atoms with Crippen molar-refractivity contribution in [3.8, 4) is 5.75 Å². The Morgan fingerprint density at radius 3 is 2.81 bits per heavy atom. The molecule has 8 heteroatoms. The van der Waals surface area contributed by atoms with Gasteiger partial charge < -0.3 is 15.5 Å². The highest BCUT2D eigenvalue weighted by atomic mass is 16.4. The molecule has 0 radical (unpaired) electrons. The summed E-state index contributed by atoms with van der Waals surface area (Å²) in [7, 11) is 0. The van der Waals surface area contributed by atoms with Gasteiger partial charge in [-0.2, -0.15) is 0 Å². The monoisotopic (exact) mass is 290 g/mol. The smallest absolute Gasteiger partial charge is 0.325 e. The van der Waals surface area contributed by atoms with Crippen LogP contribution in [-0.2, 0) is 17.9 Å². The molecule has 0 atom stereocenters. The third-order valence-electron chi connectivity index (χ3n) is 2.77. The summed E-state index contributed by atoms with van der Waals surface area (Å²) >= 11 is 0. The van der Waals surface area contributed by atoms with Crippen LogP contribution in [0.5, 0.6) is 5.75 Å². The first kappa shape index (κ1) is 14.5. The van der Waals surface area contributed by atoms with E-state index in [4.69, 9.17) is 5.11 Å². The molecule has 0 saturated heterocycles. The van der Waals surface area contributed by atoms with Crippen molar-refractivity contribution in [3.05, 3.63) is 41.2 Å². The van der Waals surface area contributed by atoms with Crippen LogP contribution < -0.4 is 5.32 Å². The Hall–Kier alpha value is -2.90. The first-order valence-corrected chi connectivity index (χ1v) is 6.14. The van der Waals surface area contributed by atoms with Crippen LogP contribution in [-0.4, -0.2) is 37.1 Å². The van der Waals surface area contributed by atoms with Gasteiger partial charge in [-0.25, -0.2) is 4.68 Å². The minimum absolute atomic E-state index is 0.0978. The Balaban J connectivity index is 1.97. The lowest BCUT2D eigenvalue weighted by atomic mass is 10.1. The number of carbonyl (C=O) groups excluding carboxylic acids is 1. The number of hydrogen-bond acceptors (Lipinski definition) is 5. The zero-order valence-corrected chi connectivity index (χ0v) is 11.3. The number of phenols is 1. The molecule has 1 heterocycles. The van der Waals surface area contributed by atoms with Gasteiger partial charge in [0.2, 0.25) is 0 Å². The summed E-state index contributed by atoms with van der Waals surface area (Å²) in [6.45, 7) is 1.58. The second-order valence-electron chi connectivity index (χ2n) is 4.48. The van der Waals surface area contributed by atoms with Gasteiger partial charge in [-0.3, -0.25) is 9.59 Å². The van der Waals surface area contributed by atoms with E-state index in [1.807, 2.05) is 0 Å². The number of carbonyl (C=O) groups is 2. The van der Waals surface area contributed by atoms with E-state index in [1.54, 1.807) is 6.92 Å². The lowest BCUT2D eigenvalue weighted by Crippen LogP contribution is -2.23. The van der Waals surface area contributed by atoms with Crippen molar-refractivity contribution >= 4 is 11.9 Å². The fourth-order valence-electron chi connectivity index (χ4n) is 1.80. The Kier molecular flexibility index (Phi) is 4.17. The number of aromatic nitrogens is 3. The number of carboxylic acids is 1. The number of nitrogens with one attached hydrogen (secondary N) is 1. The average Bonchev–Trinajstić information content (AvgIpc) is 2.82. The van der Waals surface area contributed by atoms with Gasteiger partial charge in [0.25, 0.3) is 5.91 Å². The van der Waals surface area contributed by atoms with Crippen LogP contribution >= 0.6 is 0 Å². The molecule has 2 aromatic rings. The summed E-state index contributed by atoms with van der Waals surface area (Å²) in [5, 5.41) is 28.0. The minimum atomic E-state index is -1.02.